The number of halogens is 1. The van der Waals surface area contributed by atoms with E-state index in [1.807, 2.05) is 57.2 Å². The summed E-state index contributed by atoms with van der Waals surface area (Å²) in [5.41, 5.74) is 2.53. The molecule has 0 aliphatic carbocycles. The van der Waals surface area contributed by atoms with Crippen LogP contribution in [0.25, 0.3) is 10.9 Å². The lowest BCUT2D eigenvalue weighted by Crippen LogP contribution is -2.36. The predicted octanol–water partition coefficient (Wildman–Crippen LogP) is 5.92. The van der Waals surface area contributed by atoms with Gasteiger partial charge in [-0.2, -0.15) is 0 Å². The Morgan fingerprint density at radius 1 is 1.18 bits per heavy atom. The average molecular weight is 376 g/mol. The van der Waals surface area contributed by atoms with Gasteiger partial charge >= 0.3 is 0 Å². The fourth-order valence-electron chi connectivity index (χ4n) is 3.46. The molecule has 0 spiro atoms. The van der Waals surface area contributed by atoms with Crippen LogP contribution in [0.1, 0.15) is 32.8 Å². The zero-order chi connectivity index (χ0) is 20.1. The zero-order valence-corrected chi connectivity index (χ0v) is 16.5. The molecule has 0 aliphatic heterocycles. The fourth-order valence-corrected chi connectivity index (χ4v) is 3.46. The highest BCUT2D eigenvalue weighted by molar-refractivity contribution is 5.97. The first-order valence-electron chi connectivity index (χ1n) is 9.43. The molecule has 0 aliphatic rings. The number of nitrogens with zero attached hydrogens (tertiary/aromatic N) is 1. The van der Waals surface area contributed by atoms with Crippen molar-refractivity contribution in [3.63, 3.8) is 0 Å². The van der Waals surface area contributed by atoms with Gasteiger partial charge in [0, 0.05) is 5.39 Å². The van der Waals surface area contributed by atoms with E-state index in [1.165, 1.54) is 12.3 Å². The number of aromatic nitrogens is 1. The number of hydrogen-bond donors (Lipinski definition) is 1. The highest BCUT2D eigenvalue weighted by atomic mass is 19.1. The van der Waals surface area contributed by atoms with Crippen molar-refractivity contribution in [1.29, 1.82) is 0 Å². The maximum absolute atomic E-state index is 13.8. The number of allylic oxidation sites excluding steroid dienone is 2. The second-order valence-corrected chi connectivity index (χ2v) is 7.52. The molecule has 28 heavy (non-hydrogen) atoms. The lowest BCUT2D eigenvalue weighted by Gasteiger charge is -2.29. The third-order valence-electron chi connectivity index (χ3n) is 5.07. The highest BCUT2D eigenvalue weighted by Crippen LogP contribution is 2.32. The minimum atomic E-state index is -0.616. The Labute approximate surface area is 165 Å². The minimum Gasteiger partial charge on any atom is -0.324 e. The second-order valence-electron chi connectivity index (χ2n) is 7.52. The normalized spacial score (nSPS) is 13.9. The van der Waals surface area contributed by atoms with E-state index in [0.717, 1.165) is 11.1 Å². The van der Waals surface area contributed by atoms with Gasteiger partial charge in [-0.05, 0) is 44.4 Å². The van der Waals surface area contributed by atoms with E-state index >= 15 is 0 Å². The van der Waals surface area contributed by atoms with Gasteiger partial charge in [0.25, 0.3) is 0 Å². The smallest absolute Gasteiger partial charge is 0.231 e. The molecule has 3 aromatic rings. The lowest BCUT2D eigenvalue weighted by atomic mass is 9.77. The summed E-state index contributed by atoms with van der Waals surface area (Å²) >= 11 is 0. The van der Waals surface area contributed by atoms with E-state index in [0.29, 0.717) is 29.4 Å². The molecular weight excluding hydrogens is 351 g/mol. The number of rotatable bonds is 6. The summed E-state index contributed by atoms with van der Waals surface area (Å²) in [6.07, 6.45) is 4.83. The van der Waals surface area contributed by atoms with E-state index in [-0.39, 0.29) is 11.7 Å². The molecule has 3 rings (SSSR count). The first kappa shape index (κ1) is 19.7. The average Bonchev–Trinajstić information content (AvgIpc) is 2.68. The minimum absolute atomic E-state index is 0.0740. The molecule has 1 amide bonds. The second kappa shape index (κ2) is 8.34. The Kier molecular flexibility index (Phi) is 5.88. The Balaban J connectivity index is 1.88. The third-order valence-corrected chi connectivity index (χ3v) is 5.07. The van der Waals surface area contributed by atoms with Crippen LogP contribution in [-0.4, -0.2) is 10.9 Å². The van der Waals surface area contributed by atoms with E-state index in [9.17, 15) is 9.18 Å². The summed E-state index contributed by atoms with van der Waals surface area (Å²) in [4.78, 5) is 17.4. The van der Waals surface area contributed by atoms with Gasteiger partial charge in [-0.15, -0.1) is 0 Å². The largest absolute Gasteiger partial charge is 0.324 e. The maximum Gasteiger partial charge on any atom is 0.231 e. The Morgan fingerprint density at radius 2 is 1.93 bits per heavy atom. The molecular formula is C24H25FN2O. The van der Waals surface area contributed by atoms with Crippen molar-refractivity contribution in [2.75, 3.05) is 5.32 Å². The van der Waals surface area contributed by atoms with Gasteiger partial charge in [0.15, 0.2) is 0 Å². The molecule has 1 unspecified atom stereocenters. The highest BCUT2D eigenvalue weighted by Gasteiger charge is 2.33. The van der Waals surface area contributed by atoms with Crippen LogP contribution in [0, 0.1) is 11.2 Å². The Hall–Kier alpha value is -3.01. The molecule has 1 heterocycles. The molecule has 144 valence electrons. The molecule has 0 saturated heterocycles. The van der Waals surface area contributed by atoms with Gasteiger partial charge in [-0.25, -0.2) is 4.39 Å². The standard InChI is InChI=1S/C24H25FN2O/c1-4-17(2)14-24(3,15-18-9-6-5-7-10-18)23(28)27-20-13-19-11-8-12-21(25)22(19)26-16-20/h4-13,16H,14-15H2,1-3H3,(H,27,28)/b17-4+. The van der Waals surface area contributed by atoms with Crippen LogP contribution in [0.5, 0.6) is 0 Å². The number of fused-ring (bicyclic) bond motifs is 1. The van der Waals surface area contributed by atoms with Crippen molar-refractivity contribution in [3.8, 4) is 0 Å². The van der Waals surface area contributed by atoms with Crippen molar-refractivity contribution < 1.29 is 9.18 Å². The summed E-state index contributed by atoms with van der Waals surface area (Å²) in [7, 11) is 0. The van der Waals surface area contributed by atoms with Crippen molar-refractivity contribution >= 4 is 22.5 Å². The number of carbonyl (C=O) groups is 1. The van der Waals surface area contributed by atoms with Gasteiger partial charge in [0.05, 0.1) is 17.3 Å². The number of benzene rings is 2. The van der Waals surface area contributed by atoms with Crippen molar-refractivity contribution in [1.82, 2.24) is 4.98 Å². The number of amides is 1. The van der Waals surface area contributed by atoms with E-state index in [2.05, 4.69) is 10.3 Å². The molecule has 0 fully saturated rings. The number of anilines is 1. The van der Waals surface area contributed by atoms with Crippen LogP contribution < -0.4 is 5.32 Å². The monoisotopic (exact) mass is 376 g/mol. The van der Waals surface area contributed by atoms with Crippen LogP contribution >= 0.6 is 0 Å². The number of hydrogen-bond acceptors (Lipinski definition) is 2. The molecule has 0 bridgehead atoms. The van der Waals surface area contributed by atoms with Crippen molar-refractivity contribution in [3.05, 3.63) is 83.8 Å². The molecule has 4 heteroatoms. The maximum atomic E-state index is 13.8. The number of para-hydroxylation sites is 1. The Bertz CT molecular complexity index is 1010. The van der Waals surface area contributed by atoms with Gasteiger partial charge < -0.3 is 5.32 Å². The first-order chi connectivity index (χ1) is 13.4. The van der Waals surface area contributed by atoms with Crippen molar-refractivity contribution in [2.45, 2.75) is 33.6 Å². The summed E-state index contributed by atoms with van der Waals surface area (Å²) in [6, 6.07) is 16.6. The summed E-state index contributed by atoms with van der Waals surface area (Å²) < 4.78 is 13.8. The van der Waals surface area contributed by atoms with E-state index < -0.39 is 5.41 Å². The summed E-state index contributed by atoms with van der Waals surface area (Å²) in [5, 5.41) is 3.65. The van der Waals surface area contributed by atoms with Gasteiger partial charge in [-0.1, -0.05) is 61.0 Å². The number of pyridine rings is 1. The van der Waals surface area contributed by atoms with Crippen LogP contribution in [0.4, 0.5) is 10.1 Å². The SMILES string of the molecule is C/C=C(\C)CC(C)(Cc1ccccc1)C(=O)Nc1cnc2c(F)cccc2c1. The molecule has 0 saturated carbocycles. The Morgan fingerprint density at radius 3 is 2.64 bits per heavy atom. The summed E-state index contributed by atoms with van der Waals surface area (Å²) in [6.45, 7) is 6.01. The lowest BCUT2D eigenvalue weighted by molar-refractivity contribution is -0.124. The van der Waals surface area contributed by atoms with E-state index in [4.69, 9.17) is 0 Å². The van der Waals surface area contributed by atoms with Gasteiger partial charge in [0.1, 0.15) is 11.3 Å². The molecule has 2 aromatic carbocycles. The van der Waals surface area contributed by atoms with Crippen LogP contribution in [0.2, 0.25) is 0 Å². The predicted molar refractivity (Wildman–Crippen MR) is 113 cm³/mol. The van der Waals surface area contributed by atoms with E-state index in [1.54, 1.807) is 18.2 Å². The topological polar surface area (TPSA) is 42.0 Å². The van der Waals surface area contributed by atoms with Crippen LogP contribution in [0.15, 0.2) is 72.4 Å². The van der Waals surface area contributed by atoms with Crippen LogP contribution in [0.3, 0.4) is 0 Å². The third kappa shape index (κ3) is 4.45. The number of nitrogens with one attached hydrogen (secondary N) is 1. The van der Waals surface area contributed by atoms with Gasteiger partial charge in [0.2, 0.25) is 5.91 Å². The molecule has 1 aromatic heterocycles. The molecule has 1 N–H and O–H groups in total. The summed E-state index contributed by atoms with van der Waals surface area (Å²) in [5.74, 6) is -0.442. The first-order valence-corrected chi connectivity index (χ1v) is 9.43. The molecule has 3 nitrogen and oxygen atoms in total. The quantitative estimate of drug-likeness (QED) is 0.543. The molecule has 1 atom stereocenters. The van der Waals surface area contributed by atoms with Crippen molar-refractivity contribution in [2.24, 2.45) is 5.41 Å². The fraction of sp³-hybridized carbons (Fsp3) is 0.250. The zero-order valence-electron chi connectivity index (χ0n) is 16.5. The molecule has 0 radical (unpaired) electrons. The number of carbonyl (C=O) groups excluding carboxylic acids is 1. The van der Waals surface area contributed by atoms with Gasteiger partial charge in [-0.3, -0.25) is 9.78 Å². The van der Waals surface area contributed by atoms with Crippen LogP contribution in [-0.2, 0) is 11.2 Å².